The Hall–Kier alpha value is -0.590. The summed E-state index contributed by atoms with van der Waals surface area (Å²) in [6.07, 6.45) is 0. The van der Waals surface area contributed by atoms with Gasteiger partial charge in [-0.25, -0.2) is 0 Å². The molecule has 1 aliphatic heterocycles. The second-order valence-electron chi connectivity index (χ2n) is 4.06. The van der Waals surface area contributed by atoms with E-state index in [4.69, 9.17) is 4.74 Å². The van der Waals surface area contributed by atoms with E-state index in [9.17, 15) is 4.79 Å². The molecule has 4 nitrogen and oxygen atoms in total. The predicted octanol–water partition coefficient (Wildman–Crippen LogP) is 1.95. The first-order valence-electron chi connectivity index (χ1n) is 5.47. The summed E-state index contributed by atoms with van der Waals surface area (Å²) in [7, 11) is 1.61. The standard InChI is InChI=1S/C11H15BrN2O2S/c1-7-6-14(4-3-13-7)11(15)9-5-8(16-2)10(12)17-9/h5,7,13H,3-4,6H2,1-2H3. The van der Waals surface area contributed by atoms with Gasteiger partial charge in [0.1, 0.15) is 9.54 Å². The van der Waals surface area contributed by atoms with Gasteiger partial charge in [0, 0.05) is 31.7 Å². The fourth-order valence-electron chi connectivity index (χ4n) is 1.87. The highest BCUT2D eigenvalue weighted by Gasteiger charge is 2.23. The van der Waals surface area contributed by atoms with Gasteiger partial charge in [-0.15, -0.1) is 11.3 Å². The summed E-state index contributed by atoms with van der Waals surface area (Å²) >= 11 is 4.81. The summed E-state index contributed by atoms with van der Waals surface area (Å²) < 4.78 is 6.03. The van der Waals surface area contributed by atoms with Crippen LogP contribution in [0.2, 0.25) is 0 Å². The molecule has 1 unspecified atom stereocenters. The molecule has 0 saturated carbocycles. The Morgan fingerprint density at radius 2 is 2.47 bits per heavy atom. The first-order valence-corrected chi connectivity index (χ1v) is 7.08. The Balaban J connectivity index is 2.13. The number of nitrogens with one attached hydrogen (secondary N) is 1. The zero-order valence-corrected chi connectivity index (χ0v) is 12.2. The Bertz CT molecular complexity index is 422. The lowest BCUT2D eigenvalue weighted by Crippen LogP contribution is -2.51. The first kappa shape index (κ1) is 12.9. The number of ether oxygens (including phenoxy) is 1. The van der Waals surface area contributed by atoms with Crippen molar-refractivity contribution >= 4 is 33.2 Å². The number of hydrogen-bond acceptors (Lipinski definition) is 4. The molecule has 0 bridgehead atoms. The van der Waals surface area contributed by atoms with Crippen LogP contribution < -0.4 is 10.1 Å². The van der Waals surface area contributed by atoms with Crippen LogP contribution in [0.3, 0.4) is 0 Å². The quantitative estimate of drug-likeness (QED) is 0.906. The highest BCUT2D eigenvalue weighted by molar-refractivity contribution is 9.11. The lowest BCUT2D eigenvalue weighted by Gasteiger charge is -2.31. The van der Waals surface area contributed by atoms with E-state index in [2.05, 4.69) is 28.2 Å². The summed E-state index contributed by atoms with van der Waals surface area (Å²) in [5.41, 5.74) is 0. The molecule has 2 rings (SSSR count). The van der Waals surface area contributed by atoms with Crippen LogP contribution in [-0.4, -0.2) is 43.6 Å². The highest BCUT2D eigenvalue weighted by Crippen LogP contribution is 2.34. The topological polar surface area (TPSA) is 41.6 Å². The van der Waals surface area contributed by atoms with Gasteiger partial charge < -0.3 is 15.0 Å². The van der Waals surface area contributed by atoms with Gasteiger partial charge in [-0.3, -0.25) is 4.79 Å². The SMILES string of the molecule is COc1cc(C(=O)N2CCNC(C)C2)sc1Br. The second kappa shape index (κ2) is 5.37. The lowest BCUT2D eigenvalue weighted by molar-refractivity contribution is 0.0714. The molecule has 2 heterocycles. The number of methoxy groups -OCH3 is 1. The van der Waals surface area contributed by atoms with Crippen LogP contribution in [0.15, 0.2) is 9.85 Å². The minimum Gasteiger partial charge on any atom is -0.495 e. The molecule has 0 aromatic carbocycles. The second-order valence-corrected chi connectivity index (χ2v) is 6.43. The largest absolute Gasteiger partial charge is 0.495 e. The summed E-state index contributed by atoms with van der Waals surface area (Å²) in [5, 5.41) is 3.32. The lowest BCUT2D eigenvalue weighted by atomic mass is 10.2. The summed E-state index contributed by atoms with van der Waals surface area (Å²) in [6, 6.07) is 2.15. The molecule has 94 valence electrons. The van der Waals surface area contributed by atoms with Crippen LogP contribution in [-0.2, 0) is 0 Å². The number of nitrogens with zero attached hydrogens (tertiary/aromatic N) is 1. The number of carbonyl (C=O) groups is 1. The molecular formula is C11H15BrN2O2S. The van der Waals surface area contributed by atoms with E-state index in [1.54, 1.807) is 13.2 Å². The maximum absolute atomic E-state index is 12.3. The predicted molar refractivity (Wildman–Crippen MR) is 71.9 cm³/mol. The van der Waals surface area contributed by atoms with Gasteiger partial charge in [-0.2, -0.15) is 0 Å². The van der Waals surface area contributed by atoms with Crippen LogP contribution in [0, 0.1) is 0 Å². The maximum Gasteiger partial charge on any atom is 0.264 e. The normalized spacial score (nSPS) is 20.4. The van der Waals surface area contributed by atoms with E-state index in [0.717, 1.165) is 34.0 Å². The minimum absolute atomic E-state index is 0.0901. The van der Waals surface area contributed by atoms with Crippen molar-refractivity contribution in [2.45, 2.75) is 13.0 Å². The monoisotopic (exact) mass is 318 g/mol. The van der Waals surface area contributed by atoms with Crippen molar-refractivity contribution in [2.24, 2.45) is 0 Å². The van der Waals surface area contributed by atoms with Crippen molar-refractivity contribution in [1.29, 1.82) is 0 Å². The van der Waals surface area contributed by atoms with Gasteiger partial charge in [-0.05, 0) is 22.9 Å². The third-order valence-corrected chi connectivity index (χ3v) is 4.51. The molecule has 1 amide bonds. The van der Waals surface area contributed by atoms with Crippen molar-refractivity contribution in [1.82, 2.24) is 10.2 Å². The van der Waals surface area contributed by atoms with Crippen molar-refractivity contribution < 1.29 is 9.53 Å². The fourth-order valence-corrected chi connectivity index (χ4v) is 3.49. The molecule has 1 saturated heterocycles. The van der Waals surface area contributed by atoms with Crippen molar-refractivity contribution in [3.8, 4) is 5.75 Å². The van der Waals surface area contributed by atoms with E-state index >= 15 is 0 Å². The van der Waals surface area contributed by atoms with Crippen LogP contribution in [0.25, 0.3) is 0 Å². The average molecular weight is 319 g/mol. The third kappa shape index (κ3) is 2.81. The van der Waals surface area contributed by atoms with E-state index in [1.165, 1.54) is 11.3 Å². The van der Waals surface area contributed by atoms with Gasteiger partial charge in [0.15, 0.2) is 0 Å². The highest BCUT2D eigenvalue weighted by atomic mass is 79.9. The summed E-state index contributed by atoms with van der Waals surface area (Å²) in [4.78, 5) is 14.9. The number of thiophene rings is 1. The van der Waals surface area contributed by atoms with Crippen molar-refractivity contribution in [2.75, 3.05) is 26.7 Å². The Morgan fingerprint density at radius 3 is 3.06 bits per heavy atom. The molecule has 1 aromatic heterocycles. The molecule has 17 heavy (non-hydrogen) atoms. The molecule has 1 N–H and O–H groups in total. The maximum atomic E-state index is 12.3. The van der Waals surface area contributed by atoms with Gasteiger partial charge in [-0.1, -0.05) is 0 Å². The molecule has 1 aromatic rings. The number of halogens is 1. The molecule has 0 spiro atoms. The zero-order chi connectivity index (χ0) is 12.4. The molecule has 0 aliphatic carbocycles. The number of hydrogen-bond donors (Lipinski definition) is 1. The summed E-state index contributed by atoms with van der Waals surface area (Å²) in [5.74, 6) is 0.814. The Morgan fingerprint density at radius 1 is 1.71 bits per heavy atom. The van der Waals surface area contributed by atoms with Crippen LogP contribution in [0.5, 0.6) is 5.75 Å². The smallest absolute Gasteiger partial charge is 0.264 e. The number of amides is 1. The average Bonchev–Trinajstić information content (AvgIpc) is 2.69. The van der Waals surface area contributed by atoms with E-state index in [0.29, 0.717) is 6.04 Å². The minimum atomic E-state index is 0.0901. The summed E-state index contributed by atoms with van der Waals surface area (Å²) in [6.45, 7) is 4.47. The number of carbonyl (C=O) groups excluding carboxylic acids is 1. The van der Waals surface area contributed by atoms with Gasteiger partial charge >= 0.3 is 0 Å². The molecule has 6 heteroatoms. The van der Waals surface area contributed by atoms with Gasteiger partial charge in [0.25, 0.3) is 5.91 Å². The van der Waals surface area contributed by atoms with Crippen molar-refractivity contribution in [3.63, 3.8) is 0 Å². The van der Waals surface area contributed by atoms with Crippen LogP contribution in [0.1, 0.15) is 16.6 Å². The number of rotatable bonds is 2. The van der Waals surface area contributed by atoms with Gasteiger partial charge in [0.05, 0.1) is 12.0 Å². The van der Waals surface area contributed by atoms with E-state index in [1.807, 2.05) is 4.90 Å². The van der Waals surface area contributed by atoms with Crippen molar-refractivity contribution in [3.05, 3.63) is 14.7 Å². The molecule has 0 radical (unpaired) electrons. The fraction of sp³-hybridized carbons (Fsp3) is 0.545. The molecule has 1 atom stereocenters. The van der Waals surface area contributed by atoms with Crippen LogP contribution >= 0.6 is 27.3 Å². The van der Waals surface area contributed by atoms with E-state index < -0.39 is 0 Å². The molecular weight excluding hydrogens is 304 g/mol. The number of piperazine rings is 1. The first-order chi connectivity index (χ1) is 8.11. The molecule has 1 aliphatic rings. The Kier molecular flexibility index (Phi) is 4.06. The zero-order valence-electron chi connectivity index (χ0n) is 9.83. The van der Waals surface area contributed by atoms with Crippen LogP contribution in [0.4, 0.5) is 0 Å². The Labute approximate surface area is 113 Å². The van der Waals surface area contributed by atoms with Gasteiger partial charge in [0.2, 0.25) is 0 Å². The van der Waals surface area contributed by atoms with E-state index in [-0.39, 0.29) is 5.91 Å². The molecule has 1 fully saturated rings. The third-order valence-electron chi connectivity index (χ3n) is 2.74.